The van der Waals surface area contributed by atoms with Crippen molar-refractivity contribution in [2.75, 3.05) is 25.1 Å². The molecule has 0 saturated carbocycles. The quantitative estimate of drug-likeness (QED) is 0.648. The van der Waals surface area contributed by atoms with Crippen LogP contribution in [0.2, 0.25) is 0 Å². The maximum absolute atomic E-state index is 12.3. The van der Waals surface area contributed by atoms with Gasteiger partial charge in [-0.15, -0.1) is 0 Å². The molecule has 0 N–H and O–H groups in total. The molecule has 0 spiro atoms. The van der Waals surface area contributed by atoms with E-state index in [0.29, 0.717) is 5.78 Å². The summed E-state index contributed by atoms with van der Waals surface area (Å²) >= 11 is 0. The number of ether oxygens (including phenoxy) is 1. The van der Waals surface area contributed by atoms with E-state index < -0.39 is 5.41 Å². The van der Waals surface area contributed by atoms with Gasteiger partial charge < -0.3 is 9.64 Å². The van der Waals surface area contributed by atoms with Gasteiger partial charge in [-0.2, -0.15) is 14.6 Å². The lowest BCUT2D eigenvalue weighted by molar-refractivity contribution is -0.154. The topological polar surface area (TPSA) is 72.6 Å². The zero-order valence-electron chi connectivity index (χ0n) is 16.5. The lowest BCUT2D eigenvalue weighted by Gasteiger charge is -2.40. The predicted molar refractivity (Wildman–Crippen MR) is 107 cm³/mol. The molecule has 7 heteroatoms. The Kier molecular flexibility index (Phi) is 4.75. The van der Waals surface area contributed by atoms with Crippen LogP contribution in [0.3, 0.4) is 0 Å². The molecule has 1 unspecified atom stereocenters. The van der Waals surface area contributed by atoms with Crippen molar-refractivity contribution in [3.63, 3.8) is 0 Å². The third-order valence-corrected chi connectivity index (χ3v) is 5.78. The number of carbonyl (C=O) groups excluding carboxylic acids is 1. The van der Waals surface area contributed by atoms with Gasteiger partial charge in [0.25, 0.3) is 5.78 Å². The minimum Gasteiger partial charge on any atom is -0.469 e. The number of benzene rings is 1. The third kappa shape index (κ3) is 3.21. The number of anilines is 1. The van der Waals surface area contributed by atoms with Gasteiger partial charge in [0.2, 0.25) is 0 Å². The van der Waals surface area contributed by atoms with Gasteiger partial charge in [0.05, 0.1) is 18.2 Å². The molecule has 3 aromatic rings. The number of hydrogen-bond acceptors (Lipinski definition) is 6. The van der Waals surface area contributed by atoms with E-state index in [9.17, 15) is 4.79 Å². The number of nitrogens with zero attached hydrogens (tertiary/aromatic N) is 5. The molecule has 1 fully saturated rings. The van der Waals surface area contributed by atoms with Crippen molar-refractivity contribution >= 4 is 17.6 Å². The Morgan fingerprint density at radius 1 is 1.25 bits per heavy atom. The summed E-state index contributed by atoms with van der Waals surface area (Å²) in [6, 6.07) is 12.1. The van der Waals surface area contributed by atoms with E-state index in [1.807, 2.05) is 44.2 Å². The van der Waals surface area contributed by atoms with Gasteiger partial charge in [-0.25, -0.2) is 4.98 Å². The minimum absolute atomic E-state index is 0.162. The molecule has 4 rings (SSSR count). The number of carbonyl (C=O) groups is 1. The van der Waals surface area contributed by atoms with E-state index in [4.69, 9.17) is 4.74 Å². The van der Waals surface area contributed by atoms with Crippen molar-refractivity contribution < 1.29 is 9.53 Å². The molecule has 28 heavy (non-hydrogen) atoms. The van der Waals surface area contributed by atoms with Gasteiger partial charge in [-0.1, -0.05) is 30.3 Å². The Balaban J connectivity index is 1.72. The molecule has 1 aromatic carbocycles. The van der Waals surface area contributed by atoms with Gasteiger partial charge in [0.1, 0.15) is 12.1 Å². The van der Waals surface area contributed by atoms with Crippen LogP contribution in [0.4, 0.5) is 5.82 Å². The second kappa shape index (κ2) is 7.22. The summed E-state index contributed by atoms with van der Waals surface area (Å²) in [4.78, 5) is 23.6. The van der Waals surface area contributed by atoms with Crippen LogP contribution in [0.15, 0.2) is 42.7 Å². The zero-order valence-corrected chi connectivity index (χ0v) is 16.5. The molecule has 1 atom stereocenters. The van der Waals surface area contributed by atoms with Gasteiger partial charge >= 0.3 is 5.97 Å². The predicted octanol–water partition coefficient (Wildman–Crippen LogP) is 3.21. The van der Waals surface area contributed by atoms with E-state index in [1.54, 1.807) is 4.52 Å². The first-order chi connectivity index (χ1) is 13.5. The van der Waals surface area contributed by atoms with Gasteiger partial charge in [-0.3, -0.25) is 4.79 Å². The second-order valence-electron chi connectivity index (χ2n) is 7.84. The molecule has 1 aliphatic rings. The van der Waals surface area contributed by atoms with Crippen molar-refractivity contribution in [3.05, 3.63) is 42.7 Å². The van der Waals surface area contributed by atoms with E-state index in [-0.39, 0.29) is 11.9 Å². The SMILES string of the molecule is COC(=O)C(C)(C)C1CCCN(c2cc(-c3ccccc3)nc3ncnn23)C1. The first kappa shape index (κ1) is 18.4. The van der Waals surface area contributed by atoms with Crippen LogP contribution in [0, 0.1) is 11.3 Å². The fraction of sp³-hybridized carbons (Fsp3) is 0.429. The summed E-state index contributed by atoms with van der Waals surface area (Å²) in [5, 5.41) is 4.38. The molecular weight excluding hydrogens is 354 g/mol. The Labute approximate surface area is 164 Å². The monoisotopic (exact) mass is 379 g/mol. The highest BCUT2D eigenvalue weighted by atomic mass is 16.5. The number of esters is 1. The minimum atomic E-state index is -0.538. The fourth-order valence-electron chi connectivity index (χ4n) is 3.98. The smallest absolute Gasteiger partial charge is 0.311 e. The van der Waals surface area contributed by atoms with Crippen molar-refractivity contribution in [1.82, 2.24) is 19.6 Å². The first-order valence-electron chi connectivity index (χ1n) is 9.60. The Hall–Kier alpha value is -2.96. The number of rotatable bonds is 4. The molecule has 7 nitrogen and oxygen atoms in total. The number of aromatic nitrogens is 4. The van der Waals surface area contributed by atoms with E-state index in [1.165, 1.54) is 13.4 Å². The number of fused-ring (bicyclic) bond motifs is 1. The molecule has 146 valence electrons. The highest BCUT2D eigenvalue weighted by Crippen LogP contribution is 2.37. The molecule has 0 aliphatic carbocycles. The van der Waals surface area contributed by atoms with Crippen LogP contribution in [0.5, 0.6) is 0 Å². The van der Waals surface area contributed by atoms with Gasteiger partial charge in [-0.05, 0) is 32.6 Å². The van der Waals surface area contributed by atoms with E-state index >= 15 is 0 Å². The Morgan fingerprint density at radius 2 is 2.04 bits per heavy atom. The summed E-state index contributed by atoms with van der Waals surface area (Å²) < 4.78 is 6.83. The summed E-state index contributed by atoms with van der Waals surface area (Å²) in [6.07, 6.45) is 3.53. The Morgan fingerprint density at radius 3 is 2.79 bits per heavy atom. The van der Waals surface area contributed by atoms with E-state index in [0.717, 1.165) is 43.0 Å². The summed E-state index contributed by atoms with van der Waals surface area (Å²) in [5.41, 5.74) is 1.37. The molecule has 1 saturated heterocycles. The molecule has 0 amide bonds. The van der Waals surface area contributed by atoms with Crippen LogP contribution in [-0.4, -0.2) is 45.8 Å². The van der Waals surface area contributed by atoms with Crippen LogP contribution in [0.1, 0.15) is 26.7 Å². The summed E-state index contributed by atoms with van der Waals surface area (Å²) in [5.74, 6) is 1.56. The first-order valence-corrected chi connectivity index (χ1v) is 9.60. The van der Waals surface area contributed by atoms with Gasteiger partial charge in [0.15, 0.2) is 0 Å². The molecular formula is C21H25N5O2. The molecule has 1 aliphatic heterocycles. The fourth-order valence-corrected chi connectivity index (χ4v) is 3.98. The van der Waals surface area contributed by atoms with Crippen molar-refractivity contribution in [2.45, 2.75) is 26.7 Å². The van der Waals surface area contributed by atoms with E-state index in [2.05, 4.69) is 26.0 Å². The molecule has 0 radical (unpaired) electrons. The maximum atomic E-state index is 12.3. The lowest BCUT2D eigenvalue weighted by atomic mass is 9.74. The Bertz CT molecular complexity index is 983. The molecule has 0 bridgehead atoms. The van der Waals surface area contributed by atoms with Crippen molar-refractivity contribution in [3.8, 4) is 11.3 Å². The van der Waals surface area contributed by atoms with Crippen molar-refractivity contribution in [1.29, 1.82) is 0 Å². The van der Waals surface area contributed by atoms with Crippen LogP contribution >= 0.6 is 0 Å². The maximum Gasteiger partial charge on any atom is 0.311 e. The lowest BCUT2D eigenvalue weighted by Crippen LogP contribution is -2.45. The normalized spacial score (nSPS) is 17.7. The van der Waals surface area contributed by atoms with Gasteiger partial charge in [0, 0.05) is 24.7 Å². The zero-order chi connectivity index (χ0) is 19.7. The number of hydrogen-bond donors (Lipinski definition) is 0. The molecule has 3 heterocycles. The highest BCUT2D eigenvalue weighted by molar-refractivity contribution is 5.76. The standard InChI is InChI=1S/C21H25N5O2/c1-21(2,19(27)28-3)16-10-7-11-25(13-16)18-12-17(15-8-5-4-6-9-15)24-20-22-14-23-26(18)20/h4-6,8-9,12,14,16H,7,10-11,13H2,1-3H3. The third-order valence-electron chi connectivity index (χ3n) is 5.78. The average molecular weight is 379 g/mol. The van der Waals surface area contributed by atoms with Crippen molar-refractivity contribution in [2.24, 2.45) is 11.3 Å². The van der Waals surface area contributed by atoms with Crippen LogP contribution in [0.25, 0.3) is 17.0 Å². The second-order valence-corrected chi connectivity index (χ2v) is 7.84. The number of methoxy groups -OCH3 is 1. The summed E-state index contributed by atoms with van der Waals surface area (Å²) in [7, 11) is 1.46. The van der Waals surface area contributed by atoms with Crippen LogP contribution in [-0.2, 0) is 9.53 Å². The van der Waals surface area contributed by atoms with Crippen LogP contribution < -0.4 is 4.90 Å². The average Bonchev–Trinajstić information content (AvgIpc) is 3.22. The molecule has 2 aromatic heterocycles. The largest absolute Gasteiger partial charge is 0.469 e. The number of piperidine rings is 1. The highest BCUT2D eigenvalue weighted by Gasteiger charge is 2.40. The summed E-state index contributed by atoms with van der Waals surface area (Å²) in [6.45, 7) is 5.61.